The lowest BCUT2D eigenvalue weighted by Crippen LogP contribution is -2.19. The van der Waals surface area contributed by atoms with Crippen LogP contribution in [0.3, 0.4) is 0 Å². The number of carbonyl (C=O) groups is 2. The first-order valence-corrected chi connectivity index (χ1v) is 7.71. The largest absolute Gasteiger partial charge is 0.462 e. The van der Waals surface area contributed by atoms with Crippen molar-refractivity contribution in [1.82, 2.24) is 0 Å². The average molecular weight is 314 g/mol. The van der Waals surface area contributed by atoms with Crippen LogP contribution in [-0.2, 0) is 9.59 Å². The van der Waals surface area contributed by atoms with Gasteiger partial charge < -0.3 is 15.1 Å². The number of furan rings is 1. The van der Waals surface area contributed by atoms with Gasteiger partial charge in [0.2, 0.25) is 11.8 Å². The number of anilines is 2. The summed E-state index contributed by atoms with van der Waals surface area (Å²) < 4.78 is 5.35. The van der Waals surface area contributed by atoms with E-state index in [1.807, 2.05) is 25.1 Å². The van der Waals surface area contributed by atoms with Crippen molar-refractivity contribution >= 4 is 41.0 Å². The van der Waals surface area contributed by atoms with Gasteiger partial charge in [-0.15, -0.1) is 11.8 Å². The molecule has 0 aliphatic carbocycles. The number of thioether (sulfide) groups is 1. The Morgan fingerprint density at radius 3 is 3.00 bits per heavy atom. The second kappa shape index (κ2) is 6.11. The normalized spacial score (nSPS) is 13.8. The van der Waals surface area contributed by atoms with Crippen LogP contribution in [0.1, 0.15) is 11.5 Å². The molecule has 1 aromatic carbocycles. The van der Waals surface area contributed by atoms with Crippen molar-refractivity contribution in [3.8, 4) is 0 Å². The van der Waals surface area contributed by atoms with Gasteiger partial charge in [-0.05, 0) is 43.3 Å². The van der Waals surface area contributed by atoms with E-state index >= 15 is 0 Å². The summed E-state index contributed by atoms with van der Waals surface area (Å²) in [7, 11) is 0. The fourth-order valence-corrected chi connectivity index (χ4v) is 2.83. The van der Waals surface area contributed by atoms with Crippen molar-refractivity contribution in [2.75, 3.05) is 16.4 Å². The molecule has 5 nitrogen and oxygen atoms in total. The van der Waals surface area contributed by atoms with E-state index in [1.54, 1.807) is 18.2 Å². The number of rotatable bonds is 3. The summed E-state index contributed by atoms with van der Waals surface area (Å²) in [5.74, 6) is 1.55. The number of nitrogens with one attached hydrogen (secondary N) is 2. The van der Waals surface area contributed by atoms with Crippen molar-refractivity contribution in [1.29, 1.82) is 0 Å². The quantitative estimate of drug-likeness (QED) is 0.853. The first kappa shape index (κ1) is 14.5. The lowest BCUT2D eigenvalue weighted by molar-refractivity contribution is -0.114. The van der Waals surface area contributed by atoms with Crippen LogP contribution in [-0.4, -0.2) is 17.6 Å². The van der Waals surface area contributed by atoms with Crippen LogP contribution in [0.4, 0.5) is 11.4 Å². The number of amides is 2. The Labute approximate surface area is 131 Å². The summed E-state index contributed by atoms with van der Waals surface area (Å²) >= 11 is 1.48. The summed E-state index contributed by atoms with van der Waals surface area (Å²) in [6.07, 6.45) is 3.02. The van der Waals surface area contributed by atoms with Crippen LogP contribution in [0.5, 0.6) is 0 Å². The maximum atomic E-state index is 11.9. The van der Waals surface area contributed by atoms with E-state index in [-0.39, 0.29) is 11.8 Å². The molecule has 0 bridgehead atoms. The minimum atomic E-state index is -0.260. The van der Waals surface area contributed by atoms with Crippen molar-refractivity contribution in [2.24, 2.45) is 0 Å². The van der Waals surface area contributed by atoms with Gasteiger partial charge in [-0.1, -0.05) is 0 Å². The van der Waals surface area contributed by atoms with Gasteiger partial charge in [0.1, 0.15) is 11.5 Å². The highest BCUT2D eigenvalue weighted by molar-refractivity contribution is 8.00. The van der Waals surface area contributed by atoms with Crippen molar-refractivity contribution in [2.45, 2.75) is 11.8 Å². The van der Waals surface area contributed by atoms with Crippen LogP contribution < -0.4 is 10.6 Å². The van der Waals surface area contributed by atoms with Gasteiger partial charge in [0.05, 0.1) is 11.4 Å². The van der Waals surface area contributed by atoms with E-state index in [0.717, 1.165) is 16.3 Å². The summed E-state index contributed by atoms with van der Waals surface area (Å²) in [5.41, 5.74) is 1.36. The molecule has 2 N–H and O–H groups in total. The number of benzene rings is 1. The summed E-state index contributed by atoms with van der Waals surface area (Å²) in [6, 6.07) is 9.08. The van der Waals surface area contributed by atoms with Gasteiger partial charge in [-0.25, -0.2) is 0 Å². The lowest BCUT2D eigenvalue weighted by Gasteiger charge is -2.17. The topological polar surface area (TPSA) is 71.3 Å². The Morgan fingerprint density at radius 1 is 1.36 bits per heavy atom. The average Bonchev–Trinajstić information content (AvgIpc) is 2.90. The molecule has 0 saturated heterocycles. The first-order valence-electron chi connectivity index (χ1n) is 6.72. The number of hydrogen-bond acceptors (Lipinski definition) is 4. The van der Waals surface area contributed by atoms with E-state index in [2.05, 4.69) is 10.6 Å². The van der Waals surface area contributed by atoms with E-state index in [1.165, 1.54) is 17.8 Å². The molecule has 112 valence electrons. The number of aryl methyl sites for hydroxylation is 1. The highest BCUT2D eigenvalue weighted by Gasteiger charge is 2.15. The summed E-state index contributed by atoms with van der Waals surface area (Å²) in [4.78, 5) is 24.3. The molecule has 0 saturated carbocycles. The maximum absolute atomic E-state index is 11.9. The van der Waals surface area contributed by atoms with E-state index in [0.29, 0.717) is 17.2 Å². The van der Waals surface area contributed by atoms with Crippen LogP contribution >= 0.6 is 11.8 Å². The number of fused-ring (bicyclic) bond motifs is 1. The van der Waals surface area contributed by atoms with Gasteiger partial charge in [-0.3, -0.25) is 9.59 Å². The Bertz CT molecular complexity index is 765. The predicted octanol–water partition coefficient (Wildman–Crippen LogP) is 3.28. The zero-order valence-corrected chi connectivity index (χ0v) is 12.7. The summed E-state index contributed by atoms with van der Waals surface area (Å²) in [6.45, 7) is 1.84. The second-order valence-electron chi connectivity index (χ2n) is 4.82. The molecule has 0 atom stereocenters. The van der Waals surface area contributed by atoms with Gasteiger partial charge >= 0.3 is 0 Å². The molecule has 2 amide bonds. The highest BCUT2D eigenvalue weighted by Crippen LogP contribution is 2.33. The van der Waals surface area contributed by atoms with Crippen LogP contribution in [0.2, 0.25) is 0 Å². The Balaban J connectivity index is 1.68. The SMILES string of the molecule is Cc1ccc(/C=C/C(=O)Nc2ccc3c(c2)NC(=O)CS3)o1. The molecule has 1 aliphatic heterocycles. The number of carbonyl (C=O) groups excluding carboxylic acids is 2. The van der Waals surface area contributed by atoms with Gasteiger partial charge in [-0.2, -0.15) is 0 Å². The fourth-order valence-electron chi connectivity index (χ4n) is 2.05. The molecule has 1 aromatic heterocycles. The first-order chi connectivity index (χ1) is 10.6. The molecule has 1 aliphatic rings. The third-order valence-electron chi connectivity index (χ3n) is 3.04. The molecule has 0 spiro atoms. The third kappa shape index (κ3) is 3.40. The molecule has 0 fully saturated rings. The Kier molecular flexibility index (Phi) is 4.02. The molecule has 0 radical (unpaired) electrons. The van der Waals surface area contributed by atoms with Gasteiger partial charge in [0.15, 0.2) is 0 Å². The van der Waals surface area contributed by atoms with Gasteiger partial charge in [0.25, 0.3) is 0 Å². The standard InChI is InChI=1S/C16H14N2O3S/c1-10-2-4-12(21-10)5-7-15(19)17-11-3-6-14-13(8-11)18-16(20)9-22-14/h2-8H,9H2,1H3,(H,17,19)(H,18,20)/b7-5+. The lowest BCUT2D eigenvalue weighted by atomic mass is 10.2. The minimum absolute atomic E-state index is 0.0333. The van der Waals surface area contributed by atoms with E-state index in [4.69, 9.17) is 4.42 Å². The predicted molar refractivity (Wildman–Crippen MR) is 86.9 cm³/mol. The van der Waals surface area contributed by atoms with Crippen LogP contribution in [0.15, 0.2) is 45.7 Å². The van der Waals surface area contributed by atoms with Crippen molar-refractivity contribution < 1.29 is 14.0 Å². The Morgan fingerprint density at radius 2 is 2.23 bits per heavy atom. The molecular weight excluding hydrogens is 300 g/mol. The van der Waals surface area contributed by atoms with E-state index < -0.39 is 0 Å². The molecule has 2 aromatic rings. The van der Waals surface area contributed by atoms with E-state index in [9.17, 15) is 9.59 Å². The third-order valence-corrected chi connectivity index (χ3v) is 4.11. The van der Waals surface area contributed by atoms with Crippen molar-refractivity contribution in [3.63, 3.8) is 0 Å². The maximum Gasteiger partial charge on any atom is 0.248 e. The fraction of sp³-hybridized carbons (Fsp3) is 0.125. The van der Waals surface area contributed by atoms with Crippen LogP contribution in [0, 0.1) is 6.92 Å². The Hall–Kier alpha value is -2.47. The molecular formula is C16H14N2O3S. The molecule has 6 heteroatoms. The molecule has 0 unspecified atom stereocenters. The van der Waals surface area contributed by atoms with Crippen LogP contribution in [0.25, 0.3) is 6.08 Å². The monoisotopic (exact) mass is 314 g/mol. The highest BCUT2D eigenvalue weighted by atomic mass is 32.2. The second-order valence-corrected chi connectivity index (χ2v) is 5.84. The molecule has 2 heterocycles. The zero-order chi connectivity index (χ0) is 15.5. The molecule has 22 heavy (non-hydrogen) atoms. The smallest absolute Gasteiger partial charge is 0.248 e. The minimum Gasteiger partial charge on any atom is -0.462 e. The molecule has 3 rings (SSSR count). The number of hydrogen-bond donors (Lipinski definition) is 2. The zero-order valence-electron chi connectivity index (χ0n) is 11.9. The van der Waals surface area contributed by atoms with Gasteiger partial charge in [0, 0.05) is 16.7 Å². The van der Waals surface area contributed by atoms with Crippen molar-refractivity contribution in [3.05, 3.63) is 47.9 Å². The summed E-state index contributed by atoms with van der Waals surface area (Å²) in [5, 5.41) is 5.55.